The SMILES string of the molecule is CCC(N)c1ccc(Br)c(I)c1. The van der Waals surface area contributed by atoms with E-state index in [1.165, 1.54) is 9.13 Å². The molecule has 1 aromatic rings. The zero-order valence-electron chi connectivity index (χ0n) is 6.85. The van der Waals surface area contributed by atoms with Crippen LogP contribution in [0.25, 0.3) is 0 Å². The first-order valence-corrected chi connectivity index (χ1v) is 5.73. The van der Waals surface area contributed by atoms with Crippen molar-refractivity contribution in [2.24, 2.45) is 5.73 Å². The molecule has 0 fully saturated rings. The van der Waals surface area contributed by atoms with Gasteiger partial charge in [-0.1, -0.05) is 13.0 Å². The minimum atomic E-state index is 0.173. The lowest BCUT2D eigenvalue weighted by atomic mass is 10.1. The van der Waals surface area contributed by atoms with Gasteiger partial charge in [0.05, 0.1) is 0 Å². The lowest BCUT2D eigenvalue weighted by Gasteiger charge is -2.09. The van der Waals surface area contributed by atoms with Crippen molar-refractivity contribution in [2.45, 2.75) is 19.4 Å². The molecule has 0 aliphatic carbocycles. The van der Waals surface area contributed by atoms with Gasteiger partial charge in [-0.15, -0.1) is 0 Å². The molecule has 0 aliphatic rings. The Morgan fingerprint density at radius 2 is 2.25 bits per heavy atom. The number of rotatable bonds is 2. The highest BCUT2D eigenvalue weighted by Crippen LogP contribution is 2.23. The lowest BCUT2D eigenvalue weighted by molar-refractivity contribution is 0.698. The Bertz CT molecular complexity index is 275. The molecule has 66 valence electrons. The average Bonchev–Trinajstić information content (AvgIpc) is 2.08. The molecule has 0 aliphatic heterocycles. The van der Waals surface area contributed by atoms with Gasteiger partial charge in [0, 0.05) is 14.1 Å². The maximum atomic E-state index is 5.89. The summed E-state index contributed by atoms with van der Waals surface area (Å²) >= 11 is 5.75. The van der Waals surface area contributed by atoms with E-state index in [-0.39, 0.29) is 6.04 Å². The number of benzene rings is 1. The van der Waals surface area contributed by atoms with Gasteiger partial charge >= 0.3 is 0 Å². The first-order chi connectivity index (χ1) is 5.65. The highest BCUT2D eigenvalue weighted by molar-refractivity contribution is 14.1. The number of nitrogens with two attached hydrogens (primary N) is 1. The summed E-state index contributed by atoms with van der Waals surface area (Å²) < 4.78 is 2.35. The largest absolute Gasteiger partial charge is 0.324 e. The van der Waals surface area contributed by atoms with Crippen LogP contribution in [-0.2, 0) is 0 Å². The second kappa shape index (κ2) is 4.58. The summed E-state index contributed by atoms with van der Waals surface area (Å²) in [6.07, 6.45) is 0.984. The molecule has 0 aromatic heterocycles. The predicted octanol–water partition coefficient (Wildman–Crippen LogP) is 3.46. The molecule has 1 atom stereocenters. The summed E-state index contributed by atoms with van der Waals surface area (Å²) in [6, 6.07) is 6.41. The van der Waals surface area contributed by atoms with Gasteiger partial charge in [0.15, 0.2) is 0 Å². The third kappa shape index (κ3) is 2.44. The first kappa shape index (κ1) is 10.5. The molecule has 1 unspecified atom stereocenters. The van der Waals surface area contributed by atoms with Crippen LogP contribution < -0.4 is 5.73 Å². The Kier molecular flexibility index (Phi) is 3.99. The van der Waals surface area contributed by atoms with Crippen LogP contribution in [0.2, 0.25) is 0 Å². The quantitative estimate of drug-likeness (QED) is 0.820. The summed E-state index contributed by atoms with van der Waals surface area (Å²) in [5.41, 5.74) is 7.11. The zero-order chi connectivity index (χ0) is 9.14. The Morgan fingerprint density at radius 1 is 1.58 bits per heavy atom. The fourth-order valence-electron chi connectivity index (χ4n) is 0.979. The van der Waals surface area contributed by atoms with Gasteiger partial charge in [-0.2, -0.15) is 0 Å². The van der Waals surface area contributed by atoms with Crippen LogP contribution in [0.15, 0.2) is 22.7 Å². The van der Waals surface area contributed by atoms with E-state index in [1.807, 2.05) is 6.07 Å². The van der Waals surface area contributed by atoms with Crippen LogP contribution in [0.1, 0.15) is 24.9 Å². The molecule has 0 amide bonds. The summed E-state index contributed by atoms with van der Waals surface area (Å²) in [7, 11) is 0. The molecule has 0 bridgehead atoms. The molecule has 1 aromatic carbocycles. The Labute approximate surface area is 95.0 Å². The average molecular weight is 340 g/mol. The van der Waals surface area contributed by atoms with E-state index in [0.717, 1.165) is 10.9 Å². The van der Waals surface area contributed by atoms with Crippen LogP contribution in [-0.4, -0.2) is 0 Å². The Balaban J connectivity index is 2.96. The standard InChI is InChI=1S/C9H11BrIN/c1-2-9(12)6-3-4-7(10)8(11)5-6/h3-5,9H,2,12H2,1H3. The molecule has 0 saturated carbocycles. The van der Waals surface area contributed by atoms with E-state index in [9.17, 15) is 0 Å². The van der Waals surface area contributed by atoms with Gasteiger partial charge in [0.2, 0.25) is 0 Å². The van der Waals surface area contributed by atoms with Crippen molar-refractivity contribution in [1.29, 1.82) is 0 Å². The maximum absolute atomic E-state index is 5.89. The fraction of sp³-hybridized carbons (Fsp3) is 0.333. The fourth-order valence-corrected chi connectivity index (χ4v) is 1.76. The summed E-state index contributed by atoms with van der Waals surface area (Å²) in [5, 5.41) is 0. The highest BCUT2D eigenvalue weighted by atomic mass is 127. The summed E-state index contributed by atoms with van der Waals surface area (Å²) in [4.78, 5) is 0. The van der Waals surface area contributed by atoms with Crippen LogP contribution in [0.5, 0.6) is 0 Å². The number of halogens is 2. The van der Waals surface area contributed by atoms with E-state index in [0.29, 0.717) is 0 Å². The van der Waals surface area contributed by atoms with E-state index in [2.05, 4.69) is 57.6 Å². The monoisotopic (exact) mass is 339 g/mol. The van der Waals surface area contributed by atoms with Crippen molar-refractivity contribution in [3.63, 3.8) is 0 Å². The summed E-state index contributed by atoms with van der Waals surface area (Å²) in [6.45, 7) is 2.10. The molecule has 1 nitrogen and oxygen atoms in total. The Hall–Kier alpha value is 0.390. The first-order valence-electron chi connectivity index (χ1n) is 3.85. The van der Waals surface area contributed by atoms with Gasteiger partial charge in [-0.3, -0.25) is 0 Å². The van der Waals surface area contributed by atoms with Crippen LogP contribution in [0.3, 0.4) is 0 Å². The van der Waals surface area contributed by atoms with E-state index < -0.39 is 0 Å². The second-order valence-electron chi connectivity index (χ2n) is 2.69. The van der Waals surface area contributed by atoms with Crippen molar-refractivity contribution in [3.8, 4) is 0 Å². The van der Waals surface area contributed by atoms with E-state index in [4.69, 9.17) is 5.73 Å². The third-order valence-electron chi connectivity index (χ3n) is 1.81. The number of hydrogen-bond acceptors (Lipinski definition) is 1. The molecule has 0 heterocycles. The van der Waals surface area contributed by atoms with Crippen molar-refractivity contribution in [1.82, 2.24) is 0 Å². The van der Waals surface area contributed by atoms with Gasteiger partial charge in [-0.05, 0) is 62.6 Å². The molecular formula is C9H11BrIN. The topological polar surface area (TPSA) is 26.0 Å². The second-order valence-corrected chi connectivity index (χ2v) is 4.70. The minimum Gasteiger partial charge on any atom is -0.324 e. The van der Waals surface area contributed by atoms with Crippen molar-refractivity contribution in [2.75, 3.05) is 0 Å². The highest BCUT2D eigenvalue weighted by Gasteiger charge is 2.04. The number of hydrogen-bond donors (Lipinski definition) is 1. The molecule has 3 heteroatoms. The zero-order valence-corrected chi connectivity index (χ0v) is 10.6. The minimum absolute atomic E-state index is 0.173. The molecule has 2 N–H and O–H groups in total. The lowest BCUT2D eigenvalue weighted by Crippen LogP contribution is -2.08. The van der Waals surface area contributed by atoms with Crippen molar-refractivity contribution in [3.05, 3.63) is 31.8 Å². The van der Waals surface area contributed by atoms with Gasteiger partial charge < -0.3 is 5.73 Å². The Morgan fingerprint density at radius 3 is 2.75 bits per heavy atom. The molecule has 0 radical (unpaired) electrons. The van der Waals surface area contributed by atoms with Crippen LogP contribution >= 0.6 is 38.5 Å². The third-order valence-corrected chi connectivity index (χ3v) is 4.14. The van der Waals surface area contributed by atoms with Crippen molar-refractivity contribution < 1.29 is 0 Å². The molecule has 12 heavy (non-hydrogen) atoms. The van der Waals surface area contributed by atoms with Crippen molar-refractivity contribution >= 4 is 38.5 Å². The smallest absolute Gasteiger partial charge is 0.0309 e. The molecule has 1 rings (SSSR count). The molecule has 0 spiro atoms. The normalized spacial score (nSPS) is 13.0. The predicted molar refractivity (Wildman–Crippen MR) is 64.1 cm³/mol. The van der Waals surface area contributed by atoms with E-state index in [1.54, 1.807) is 0 Å². The van der Waals surface area contributed by atoms with Gasteiger partial charge in [-0.25, -0.2) is 0 Å². The molecule has 0 saturated heterocycles. The van der Waals surface area contributed by atoms with Crippen LogP contribution in [0, 0.1) is 3.57 Å². The summed E-state index contributed by atoms with van der Waals surface area (Å²) in [5.74, 6) is 0. The maximum Gasteiger partial charge on any atom is 0.0309 e. The van der Waals surface area contributed by atoms with E-state index >= 15 is 0 Å². The molecular weight excluding hydrogens is 329 g/mol. The van der Waals surface area contributed by atoms with Crippen LogP contribution in [0.4, 0.5) is 0 Å². The van der Waals surface area contributed by atoms with Gasteiger partial charge in [0.25, 0.3) is 0 Å². The van der Waals surface area contributed by atoms with Gasteiger partial charge in [0.1, 0.15) is 0 Å².